The molecular weight excluding hydrogens is 499 g/mol. The van der Waals surface area contributed by atoms with Crippen LogP contribution in [-0.4, -0.2) is 24.3 Å². The maximum absolute atomic E-state index is 12.4. The SMILES string of the molecule is CCOc1cc(OCC)c(/C=C2/SC(=Nc3cccc(Cl)c3Cl)NC2=O)cc1Br. The first-order chi connectivity index (χ1) is 13.9. The Kier molecular flexibility index (Phi) is 7.51. The average Bonchev–Trinajstić information content (AvgIpc) is 3.02. The van der Waals surface area contributed by atoms with Crippen molar-refractivity contribution in [3.63, 3.8) is 0 Å². The lowest BCUT2D eigenvalue weighted by Gasteiger charge is -2.12. The van der Waals surface area contributed by atoms with Crippen LogP contribution in [0.25, 0.3) is 6.08 Å². The van der Waals surface area contributed by atoms with Gasteiger partial charge in [0.15, 0.2) is 5.17 Å². The maximum Gasteiger partial charge on any atom is 0.264 e. The monoisotopic (exact) mass is 514 g/mol. The van der Waals surface area contributed by atoms with Gasteiger partial charge in [0.1, 0.15) is 11.5 Å². The fraction of sp³-hybridized carbons (Fsp3) is 0.200. The summed E-state index contributed by atoms with van der Waals surface area (Å²) < 4.78 is 12.1. The van der Waals surface area contributed by atoms with Crippen molar-refractivity contribution in [2.24, 2.45) is 4.99 Å². The zero-order valence-electron chi connectivity index (χ0n) is 15.6. The lowest BCUT2D eigenvalue weighted by Crippen LogP contribution is -2.19. The first kappa shape index (κ1) is 22.0. The normalized spacial score (nSPS) is 16.4. The number of benzene rings is 2. The predicted molar refractivity (Wildman–Crippen MR) is 124 cm³/mol. The molecule has 0 radical (unpaired) electrons. The summed E-state index contributed by atoms with van der Waals surface area (Å²) in [6, 6.07) is 8.82. The van der Waals surface area contributed by atoms with Gasteiger partial charge >= 0.3 is 0 Å². The molecule has 1 fully saturated rings. The number of amidine groups is 1. The molecule has 5 nitrogen and oxygen atoms in total. The van der Waals surface area contributed by atoms with Crippen LogP contribution in [-0.2, 0) is 4.79 Å². The van der Waals surface area contributed by atoms with Gasteiger partial charge in [0, 0.05) is 11.6 Å². The highest BCUT2D eigenvalue weighted by molar-refractivity contribution is 9.10. The highest BCUT2D eigenvalue weighted by Gasteiger charge is 2.25. The Labute approximate surface area is 191 Å². The zero-order valence-corrected chi connectivity index (χ0v) is 19.5. The van der Waals surface area contributed by atoms with Crippen LogP contribution in [0.2, 0.25) is 10.0 Å². The van der Waals surface area contributed by atoms with E-state index in [1.807, 2.05) is 26.0 Å². The number of nitrogens with one attached hydrogen (secondary N) is 1. The zero-order chi connectivity index (χ0) is 21.0. The molecular formula is C20H17BrCl2N2O3S. The number of nitrogens with zero attached hydrogens (tertiary/aromatic N) is 1. The van der Waals surface area contributed by atoms with Crippen LogP contribution >= 0.6 is 50.9 Å². The van der Waals surface area contributed by atoms with Gasteiger partial charge < -0.3 is 14.8 Å². The van der Waals surface area contributed by atoms with Crippen molar-refractivity contribution in [3.8, 4) is 11.5 Å². The van der Waals surface area contributed by atoms with E-state index in [-0.39, 0.29) is 5.91 Å². The molecule has 9 heteroatoms. The number of amides is 1. The molecule has 152 valence electrons. The van der Waals surface area contributed by atoms with Gasteiger partial charge in [-0.15, -0.1) is 0 Å². The summed E-state index contributed by atoms with van der Waals surface area (Å²) in [6.07, 6.45) is 1.76. The Balaban J connectivity index is 1.93. The lowest BCUT2D eigenvalue weighted by atomic mass is 10.1. The number of thioether (sulfide) groups is 1. The van der Waals surface area contributed by atoms with E-state index in [0.29, 0.717) is 50.5 Å². The van der Waals surface area contributed by atoms with Crippen LogP contribution in [0.15, 0.2) is 44.7 Å². The molecule has 1 heterocycles. The third kappa shape index (κ3) is 5.28. The third-order valence-electron chi connectivity index (χ3n) is 3.75. The fourth-order valence-corrected chi connectivity index (χ4v) is 4.16. The summed E-state index contributed by atoms with van der Waals surface area (Å²) in [4.78, 5) is 17.3. The van der Waals surface area contributed by atoms with E-state index in [1.54, 1.807) is 24.3 Å². The standard InChI is InChI=1S/C20H17BrCl2N2O3S/c1-3-27-15-10-16(28-4-2)12(21)8-11(15)9-17-19(26)25-20(29-17)24-14-7-5-6-13(22)18(14)23/h5-10H,3-4H2,1-2H3,(H,24,25,26)/b17-9+. The van der Waals surface area contributed by atoms with E-state index in [4.69, 9.17) is 32.7 Å². The van der Waals surface area contributed by atoms with Gasteiger partial charge in [-0.2, -0.15) is 0 Å². The Morgan fingerprint density at radius 1 is 1.17 bits per heavy atom. The predicted octanol–water partition coefficient (Wildman–Crippen LogP) is 6.44. The second-order valence-corrected chi connectivity index (χ2v) is 8.41. The Bertz CT molecular complexity index is 1010. The molecule has 2 aromatic carbocycles. The Morgan fingerprint density at radius 3 is 2.62 bits per heavy atom. The highest BCUT2D eigenvalue weighted by Crippen LogP contribution is 2.38. The molecule has 2 aromatic rings. The van der Waals surface area contributed by atoms with Gasteiger partial charge in [0.2, 0.25) is 0 Å². The number of hydrogen-bond acceptors (Lipinski definition) is 5. The Hall–Kier alpha value is -1.67. The molecule has 1 amide bonds. The van der Waals surface area contributed by atoms with Crippen molar-refractivity contribution < 1.29 is 14.3 Å². The highest BCUT2D eigenvalue weighted by atomic mass is 79.9. The third-order valence-corrected chi connectivity index (χ3v) is 6.09. The quantitative estimate of drug-likeness (QED) is 0.449. The van der Waals surface area contributed by atoms with Crippen molar-refractivity contribution in [2.45, 2.75) is 13.8 Å². The summed E-state index contributed by atoms with van der Waals surface area (Å²) >= 11 is 16.9. The van der Waals surface area contributed by atoms with Gasteiger partial charge in [0.25, 0.3) is 5.91 Å². The van der Waals surface area contributed by atoms with E-state index in [2.05, 4.69) is 26.2 Å². The van der Waals surface area contributed by atoms with Crippen LogP contribution in [0, 0.1) is 0 Å². The van der Waals surface area contributed by atoms with Crippen molar-refractivity contribution in [1.29, 1.82) is 0 Å². The number of rotatable bonds is 6. The molecule has 1 saturated heterocycles. The van der Waals surface area contributed by atoms with Crippen LogP contribution in [0.5, 0.6) is 11.5 Å². The minimum Gasteiger partial charge on any atom is -0.493 e. The van der Waals surface area contributed by atoms with Gasteiger partial charge in [-0.25, -0.2) is 4.99 Å². The van der Waals surface area contributed by atoms with Crippen molar-refractivity contribution in [1.82, 2.24) is 5.32 Å². The summed E-state index contributed by atoms with van der Waals surface area (Å²) in [5.74, 6) is 1.06. The molecule has 0 aliphatic carbocycles. The summed E-state index contributed by atoms with van der Waals surface area (Å²) in [6.45, 7) is 4.84. The molecule has 1 aliphatic rings. The van der Waals surface area contributed by atoms with E-state index >= 15 is 0 Å². The molecule has 1 aliphatic heterocycles. The maximum atomic E-state index is 12.4. The lowest BCUT2D eigenvalue weighted by molar-refractivity contribution is -0.115. The van der Waals surface area contributed by atoms with E-state index in [1.165, 1.54) is 11.8 Å². The molecule has 0 aromatic heterocycles. The number of hydrogen-bond donors (Lipinski definition) is 1. The smallest absolute Gasteiger partial charge is 0.264 e. The molecule has 0 spiro atoms. The summed E-state index contributed by atoms with van der Waals surface area (Å²) in [7, 11) is 0. The molecule has 0 atom stereocenters. The van der Waals surface area contributed by atoms with Gasteiger partial charge in [0.05, 0.1) is 38.3 Å². The van der Waals surface area contributed by atoms with E-state index in [0.717, 1.165) is 10.0 Å². The second kappa shape index (κ2) is 9.89. The van der Waals surface area contributed by atoms with Crippen LogP contribution < -0.4 is 14.8 Å². The fourth-order valence-electron chi connectivity index (χ4n) is 2.52. The minimum absolute atomic E-state index is 0.251. The largest absolute Gasteiger partial charge is 0.493 e. The van der Waals surface area contributed by atoms with Crippen LogP contribution in [0.1, 0.15) is 19.4 Å². The van der Waals surface area contributed by atoms with E-state index in [9.17, 15) is 4.79 Å². The van der Waals surface area contributed by atoms with Gasteiger partial charge in [-0.3, -0.25) is 4.79 Å². The average molecular weight is 516 g/mol. The first-order valence-corrected chi connectivity index (χ1v) is 11.1. The van der Waals surface area contributed by atoms with Crippen molar-refractivity contribution >= 4 is 73.7 Å². The van der Waals surface area contributed by atoms with Gasteiger partial charge in [-0.05, 0) is 65.8 Å². The number of carbonyl (C=O) groups is 1. The summed E-state index contributed by atoms with van der Waals surface area (Å²) in [5.41, 5.74) is 1.24. The molecule has 29 heavy (non-hydrogen) atoms. The number of carbonyl (C=O) groups excluding carboxylic acids is 1. The number of aliphatic imine (C=N–C) groups is 1. The van der Waals surface area contributed by atoms with Crippen molar-refractivity contribution in [3.05, 3.63) is 55.3 Å². The minimum atomic E-state index is -0.251. The van der Waals surface area contributed by atoms with E-state index < -0.39 is 0 Å². The van der Waals surface area contributed by atoms with Gasteiger partial charge in [-0.1, -0.05) is 29.3 Å². The first-order valence-electron chi connectivity index (χ1n) is 8.75. The van der Waals surface area contributed by atoms with Crippen LogP contribution in [0.4, 0.5) is 5.69 Å². The molecule has 0 bridgehead atoms. The second-order valence-electron chi connectivity index (χ2n) is 5.74. The number of ether oxygens (including phenoxy) is 2. The number of halogens is 3. The Morgan fingerprint density at radius 2 is 1.90 bits per heavy atom. The molecule has 3 rings (SSSR count). The van der Waals surface area contributed by atoms with Crippen molar-refractivity contribution in [2.75, 3.05) is 13.2 Å². The molecule has 0 unspecified atom stereocenters. The van der Waals surface area contributed by atoms with Crippen LogP contribution in [0.3, 0.4) is 0 Å². The molecule has 0 saturated carbocycles. The summed E-state index contributed by atoms with van der Waals surface area (Å²) in [5, 5.41) is 3.91. The molecule has 1 N–H and O–H groups in total. The topological polar surface area (TPSA) is 59.9 Å².